The molecule has 2 rings (SSSR count). The highest BCUT2D eigenvalue weighted by atomic mass is 19.1. The predicted octanol–water partition coefficient (Wildman–Crippen LogP) is 2.73. The number of piperidine rings is 1. The van der Waals surface area contributed by atoms with Crippen molar-refractivity contribution in [3.63, 3.8) is 0 Å². The van der Waals surface area contributed by atoms with Crippen molar-refractivity contribution in [2.75, 3.05) is 32.1 Å². The average Bonchev–Trinajstić information content (AvgIpc) is 2.40. The first-order valence-electron chi connectivity index (χ1n) is 6.55. The lowest BCUT2D eigenvalue weighted by Gasteiger charge is -2.32. The first kappa shape index (κ1) is 13.1. The fourth-order valence-electron chi connectivity index (χ4n) is 2.39. The van der Waals surface area contributed by atoms with Crippen LogP contribution in [0.2, 0.25) is 0 Å². The van der Waals surface area contributed by atoms with Crippen LogP contribution in [0.3, 0.4) is 0 Å². The molecule has 1 saturated heterocycles. The Morgan fingerprint density at radius 3 is 2.67 bits per heavy atom. The van der Waals surface area contributed by atoms with Crippen LogP contribution in [-0.4, -0.2) is 37.7 Å². The summed E-state index contributed by atoms with van der Waals surface area (Å²) < 4.78 is 18.5. The highest BCUT2D eigenvalue weighted by Gasteiger charge is 2.18. The van der Waals surface area contributed by atoms with Crippen LogP contribution >= 0.6 is 0 Å². The van der Waals surface area contributed by atoms with Gasteiger partial charge in [-0.3, -0.25) is 0 Å². The number of nitrogens with one attached hydrogen (secondary N) is 1. The average molecular weight is 252 g/mol. The van der Waals surface area contributed by atoms with Crippen molar-refractivity contribution in [1.29, 1.82) is 0 Å². The van der Waals surface area contributed by atoms with Gasteiger partial charge in [0.1, 0.15) is 0 Å². The minimum atomic E-state index is -0.312. The molecule has 1 aliphatic rings. The third kappa shape index (κ3) is 3.13. The zero-order chi connectivity index (χ0) is 13.0. The van der Waals surface area contributed by atoms with Crippen LogP contribution in [0.15, 0.2) is 18.2 Å². The molecule has 0 bridgehead atoms. The topological polar surface area (TPSA) is 24.5 Å². The van der Waals surface area contributed by atoms with E-state index in [2.05, 4.69) is 17.1 Å². The number of rotatable bonds is 4. The molecule has 0 atom stereocenters. The lowest BCUT2D eigenvalue weighted by molar-refractivity contribution is 0.229. The second kappa shape index (κ2) is 6.05. The molecule has 0 amide bonds. The first-order valence-corrected chi connectivity index (χ1v) is 6.55. The third-order valence-electron chi connectivity index (χ3n) is 3.56. The van der Waals surface area contributed by atoms with Crippen LogP contribution in [-0.2, 0) is 0 Å². The van der Waals surface area contributed by atoms with E-state index in [1.807, 2.05) is 6.07 Å². The van der Waals surface area contributed by atoms with Gasteiger partial charge < -0.3 is 15.0 Å². The van der Waals surface area contributed by atoms with Gasteiger partial charge in [-0.1, -0.05) is 6.92 Å². The summed E-state index contributed by atoms with van der Waals surface area (Å²) in [7, 11) is 1.48. The molecule has 4 heteroatoms. The molecule has 3 nitrogen and oxygen atoms in total. The Morgan fingerprint density at radius 1 is 1.39 bits per heavy atom. The van der Waals surface area contributed by atoms with Crippen molar-refractivity contribution in [3.05, 3.63) is 24.0 Å². The molecule has 1 aromatic rings. The van der Waals surface area contributed by atoms with Gasteiger partial charge in [-0.2, -0.15) is 0 Å². The summed E-state index contributed by atoms with van der Waals surface area (Å²) in [6, 6.07) is 5.48. The standard InChI is InChI=1S/C14H21FN2O/c1-3-17-8-6-11(7-9-17)16-12-4-5-14(18-2)13(15)10-12/h4-5,10-11,16H,3,6-9H2,1-2H3. The monoisotopic (exact) mass is 252 g/mol. The highest BCUT2D eigenvalue weighted by Crippen LogP contribution is 2.22. The van der Waals surface area contributed by atoms with Crippen molar-refractivity contribution >= 4 is 5.69 Å². The second-order valence-corrected chi connectivity index (χ2v) is 4.70. The Balaban J connectivity index is 1.92. The summed E-state index contributed by atoms with van der Waals surface area (Å²) >= 11 is 0. The predicted molar refractivity (Wildman–Crippen MR) is 71.7 cm³/mol. The van der Waals surface area contributed by atoms with E-state index in [0.717, 1.165) is 38.2 Å². The van der Waals surface area contributed by atoms with Crippen molar-refractivity contribution in [1.82, 2.24) is 4.90 Å². The fraction of sp³-hybridized carbons (Fsp3) is 0.571. The van der Waals surface area contributed by atoms with E-state index < -0.39 is 0 Å². The molecule has 1 fully saturated rings. The molecule has 0 aliphatic carbocycles. The maximum absolute atomic E-state index is 13.5. The number of likely N-dealkylation sites (tertiary alicyclic amines) is 1. The van der Waals surface area contributed by atoms with Crippen LogP contribution in [0.5, 0.6) is 5.75 Å². The number of hydrogen-bond donors (Lipinski definition) is 1. The number of halogens is 1. The lowest BCUT2D eigenvalue weighted by Crippen LogP contribution is -2.38. The number of hydrogen-bond acceptors (Lipinski definition) is 3. The van der Waals surface area contributed by atoms with E-state index in [1.165, 1.54) is 13.2 Å². The SMILES string of the molecule is CCN1CCC(Nc2ccc(OC)c(F)c2)CC1. The van der Waals surface area contributed by atoms with Gasteiger partial charge in [0.05, 0.1) is 7.11 Å². The summed E-state index contributed by atoms with van der Waals surface area (Å²) in [4.78, 5) is 2.44. The van der Waals surface area contributed by atoms with Crippen LogP contribution < -0.4 is 10.1 Å². The van der Waals surface area contributed by atoms with Crippen LogP contribution in [0.1, 0.15) is 19.8 Å². The summed E-state index contributed by atoms with van der Waals surface area (Å²) in [6.45, 7) is 5.54. The molecule has 18 heavy (non-hydrogen) atoms. The summed E-state index contributed by atoms with van der Waals surface area (Å²) in [6.07, 6.45) is 2.23. The number of methoxy groups -OCH3 is 1. The quantitative estimate of drug-likeness (QED) is 0.891. The molecule has 1 aromatic carbocycles. The first-order chi connectivity index (χ1) is 8.72. The molecule has 0 unspecified atom stereocenters. The van der Waals surface area contributed by atoms with Crippen molar-refractivity contribution in [3.8, 4) is 5.75 Å². The van der Waals surface area contributed by atoms with Gasteiger partial charge in [-0.25, -0.2) is 4.39 Å². The van der Waals surface area contributed by atoms with Crippen LogP contribution in [0.4, 0.5) is 10.1 Å². The van der Waals surface area contributed by atoms with Gasteiger partial charge in [-0.05, 0) is 31.5 Å². The van der Waals surface area contributed by atoms with E-state index >= 15 is 0 Å². The Kier molecular flexibility index (Phi) is 4.42. The molecule has 0 aromatic heterocycles. The largest absolute Gasteiger partial charge is 0.494 e. The van der Waals surface area contributed by atoms with E-state index in [1.54, 1.807) is 6.07 Å². The molecule has 1 aliphatic heterocycles. The van der Waals surface area contributed by atoms with Gasteiger partial charge in [0.25, 0.3) is 0 Å². The van der Waals surface area contributed by atoms with E-state index in [-0.39, 0.29) is 5.82 Å². The van der Waals surface area contributed by atoms with E-state index in [0.29, 0.717) is 11.8 Å². The molecular formula is C14H21FN2O. The lowest BCUT2D eigenvalue weighted by atomic mass is 10.0. The van der Waals surface area contributed by atoms with Crippen molar-refractivity contribution < 1.29 is 9.13 Å². The second-order valence-electron chi connectivity index (χ2n) is 4.70. The normalized spacial score (nSPS) is 17.7. The molecule has 1 heterocycles. The van der Waals surface area contributed by atoms with Gasteiger partial charge in [0.15, 0.2) is 11.6 Å². The Bertz CT molecular complexity index is 389. The Hall–Kier alpha value is -1.29. The van der Waals surface area contributed by atoms with Crippen molar-refractivity contribution in [2.24, 2.45) is 0 Å². The van der Waals surface area contributed by atoms with Crippen LogP contribution in [0.25, 0.3) is 0 Å². The zero-order valence-corrected chi connectivity index (χ0v) is 11.1. The highest BCUT2D eigenvalue weighted by molar-refractivity contribution is 5.48. The number of nitrogens with zero attached hydrogens (tertiary/aromatic N) is 1. The van der Waals surface area contributed by atoms with E-state index in [4.69, 9.17) is 4.74 Å². The fourth-order valence-corrected chi connectivity index (χ4v) is 2.39. The number of benzene rings is 1. The maximum Gasteiger partial charge on any atom is 0.167 e. The van der Waals surface area contributed by atoms with Gasteiger partial charge >= 0.3 is 0 Å². The molecular weight excluding hydrogens is 231 g/mol. The minimum Gasteiger partial charge on any atom is -0.494 e. The minimum absolute atomic E-state index is 0.293. The van der Waals surface area contributed by atoms with E-state index in [9.17, 15) is 4.39 Å². The van der Waals surface area contributed by atoms with Crippen molar-refractivity contribution in [2.45, 2.75) is 25.8 Å². The summed E-state index contributed by atoms with van der Waals surface area (Å²) in [5.41, 5.74) is 0.836. The van der Waals surface area contributed by atoms with Gasteiger partial charge in [-0.15, -0.1) is 0 Å². The summed E-state index contributed by atoms with van der Waals surface area (Å²) in [5.74, 6) is -0.0187. The van der Waals surface area contributed by atoms with Crippen LogP contribution in [0, 0.1) is 5.82 Å². The molecule has 0 spiro atoms. The smallest absolute Gasteiger partial charge is 0.167 e. The summed E-state index contributed by atoms with van der Waals surface area (Å²) in [5, 5.41) is 3.40. The Morgan fingerprint density at radius 2 is 2.11 bits per heavy atom. The number of anilines is 1. The molecule has 100 valence electrons. The molecule has 0 saturated carbocycles. The Labute approximate surface area is 108 Å². The zero-order valence-electron chi connectivity index (χ0n) is 11.1. The number of ether oxygens (including phenoxy) is 1. The molecule has 1 N–H and O–H groups in total. The third-order valence-corrected chi connectivity index (χ3v) is 3.56. The van der Waals surface area contributed by atoms with Gasteiger partial charge in [0.2, 0.25) is 0 Å². The maximum atomic E-state index is 13.5. The van der Waals surface area contributed by atoms with Gasteiger partial charge in [0, 0.05) is 30.9 Å². The molecule has 0 radical (unpaired) electrons.